The van der Waals surface area contributed by atoms with Gasteiger partial charge in [-0.1, -0.05) is 57.6 Å². The molecule has 140 valence electrons. The van der Waals surface area contributed by atoms with Gasteiger partial charge in [-0.3, -0.25) is 19.8 Å². The molecule has 0 N–H and O–H groups in total. The number of aromatic nitrogens is 1. The van der Waals surface area contributed by atoms with Crippen LogP contribution < -0.4 is 4.90 Å². The Morgan fingerprint density at radius 1 is 1.18 bits per heavy atom. The highest BCUT2D eigenvalue weighted by Crippen LogP contribution is 2.33. The second kappa shape index (κ2) is 7.53. The molecule has 7 nitrogen and oxygen atoms in total. The van der Waals surface area contributed by atoms with Crippen molar-refractivity contribution in [1.29, 1.82) is 0 Å². The minimum Gasteiger partial charge on any atom is -0.395 e. The van der Waals surface area contributed by atoms with Crippen LogP contribution in [0.1, 0.15) is 16.1 Å². The van der Waals surface area contributed by atoms with Crippen LogP contribution in [-0.2, 0) is 6.54 Å². The maximum Gasteiger partial charge on any atom is 0.433 e. The lowest BCUT2D eigenvalue weighted by atomic mass is 10.2. The van der Waals surface area contributed by atoms with E-state index >= 15 is 0 Å². The lowest BCUT2D eigenvalue weighted by molar-refractivity contribution is -0.402. The molecule has 2 aromatic heterocycles. The highest BCUT2D eigenvalue weighted by Gasteiger charge is 2.26. The molecule has 0 saturated heterocycles. The predicted octanol–water partition coefficient (Wildman–Crippen LogP) is 5.41. The monoisotopic (exact) mass is 457 g/mol. The van der Waals surface area contributed by atoms with E-state index in [9.17, 15) is 14.9 Å². The molecule has 2 aromatic carbocycles. The number of anilines is 1. The first-order valence-corrected chi connectivity index (χ1v) is 9.78. The van der Waals surface area contributed by atoms with Crippen molar-refractivity contribution in [3.8, 4) is 0 Å². The van der Waals surface area contributed by atoms with Gasteiger partial charge in [0.15, 0.2) is 10.9 Å². The fourth-order valence-corrected chi connectivity index (χ4v) is 4.18. The first-order valence-electron chi connectivity index (χ1n) is 8.17. The first kappa shape index (κ1) is 18.3. The number of hydrogen-bond donors (Lipinski definition) is 0. The molecule has 0 fully saturated rings. The molecule has 1 amide bonds. The van der Waals surface area contributed by atoms with Gasteiger partial charge in [0.25, 0.3) is 5.91 Å². The summed E-state index contributed by atoms with van der Waals surface area (Å²) in [4.78, 5) is 29.3. The smallest absolute Gasteiger partial charge is 0.395 e. The van der Waals surface area contributed by atoms with E-state index < -0.39 is 16.7 Å². The standard InChI is InChI=1S/C19H12BrN3O4S/c20-13-6-7-14-16(10-13)28-19(21-14)22(11-12-4-2-1-3-5-12)18(24)15-8-9-17(27-15)23(25)26/h1-10H,11H2. The van der Waals surface area contributed by atoms with Gasteiger partial charge in [-0.05, 0) is 29.8 Å². The molecule has 9 heteroatoms. The number of hydrogen-bond acceptors (Lipinski definition) is 6. The van der Waals surface area contributed by atoms with E-state index in [1.165, 1.54) is 28.4 Å². The summed E-state index contributed by atoms with van der Waals surface area (Å²) in [6.45, 7) is 0.259. The van der Waals surface area contributed by atoms with Gasteiger partial charge in [0.2, 0.25) is 0 Å². The summed E-state index contributed by atoms with van der Waals surface area (Å²) >= 11 is 4.80. The van der Waals surface area contributed by atoms with Crippen LogP contribution in [0.2, 0.25) is 0 Å². The van der Waals surface area contributed by atoms with Crippen LogP contribution in [-0.4, -0.2) is 15.8 Å². The second-order valence-electron chi connectivity index (χ2n) is 5.88. The van der Waals surface area contributed by atoms with Gasteiger partial charge in [-0.2, -0.15) is 0 Å². The van der Waals surface area contributed by atoms with Gasteiger partial charge in [0.1, 0.15) is 4.92 Å². The summed E-state index contributed by atoms with van der Waals surface area (Å²) in [7, 11) is 0. The number of fused-ring (bicyclic) bond motifs is 1. The van der Waals surface area contributed by atoms with Crippen molar-refractivity contribution in [2.75, 3.05) is 4.90 Å². The summed E-state index contributed by atoms with van der Waals surface area (Å²) in [6.07, 6.45) is 0. The van der Waals surface area contributed by atoms with E-state index in [0.717, 1.165) is 20.3 Å². The summed E-state index contributed by atoms with van der Waals surface area (Å²) in [5, 5.41) is 11.4. The van der Waals surface area contributed by atoms with Crippen LogP contribution in [0.3, 0.4) is 0 Å². The molecule has 0 atom stereocenters. The van der Waals surface area contributed by atoms with Gasteiger partial charge in [0.05, 0.1) is 22.8 Å². The number of benzene rings is 2. The van der Waals surface area contributed by atoms with E-state index in [1.54, 1.807) is 0 Å². The Morgan fingerprint density at radius 3 is 2.68 bits per heavy atom. The van der Waals surface area contributed by atoms with Gasteiger partial charge >= 0.3 is 5.88 Å². The Kier molecular flexibility index (Phi) is 4.93. The SMILES string of the molecule is O=C(c1ccc([N+](=O)[O-])o1)N(Cc1ccccc1)c1nc2ccc(Br)cc2s1. The molecule has 0 aliphatic heterocycles. The lowest BCUT2D eigenvalue weighted by Gasteiger charge is -2.18. The van der Waals surface area contributed by atoms with Crippen LogP contribution in [0, 0.1) is 10.1 Å². The zero-order chi connectivity index (χ0) is 19.7. The number of furan rings is 1. The molecule has 4 aromatic rings. The number of amides is 1. The molecular formula is C19H12BrN3O4S. The van der Waals surface area contributed by atoms with Crippen LogP contribution in [0.15, 0.2) is 69.6 Å². The minimum absolute atomic E-state index is 0.108. The first-order chi connectivity index (χ1) is 13.5. The fourth-order valence-electron chi connectivity index (χ4n) is 2.67. The lowest BCUT2D eigenvalue weighted by Crippen LogP contribution is -2.30. The third-order valence-electron chi connectivity index (χ3n) is 3.98. The molecular weight excluding hydrogens is 446 g/mol. The van der Waals surface area contributed by atoms with Gasteiger partial charge in [0, 0.05) is 4.47 Å². The normalized spacial score (nSPS) is 10.9. The van der Waals surface area contributed by atoms with Crippen molar-refractivity contribution < 1.29 is 14.1 Å². The summed E-state index contributed by atoms with van der Waals surface area (Å²) in [5.74, 6) is -1.07. The highest BCUT2D eigenvalue weighted by atomic mass is 79.9. The predicted molar refractivity (Wildman–Crippen MR) is 110 cm³/mol. The highest BCUT2D eigenvalue weighted by molar-refractivity contribution is 9.10. The summed E-state index contributed by atoms with van der Waals surface area (Å²) in [6, 6.07) is 17.6. The Hall–Kier alpha value is -3.04. The van der Waals surface area contributed by atoms with Crippen molar-refractivity contribution in [1.82, 2.24) is 4.98 Å². The second-order valence-corrected chi connectivity index (χ2v) is 7.81. The van der Waals surface area contributed by atoms with Crippen molar-refractivity contribution in [2.45, 2.75) is 6.54 Å². The van der Waals surface area contributed by atoms with Crippen LogP contribution >= 0.6 is 27.3 Å². The molecule has 28 heavy (non-hydrogen) atoms. The van der Waals surface area contributed by atoms with Gasteiger partial charge in [-0.15, -0.1) is 0 Å². The number of halogens is 1. The Labute approximate surface area is 171 Å². The molecule has 0 saturated carbocycles. The van der Waals surface area contributed by atoms with Crippen LogP contribution in [0.5, 0.6) is 0 Å². The van der Waals surface area contributed by atoms with E-state index in [1.807, 2.05) is 48.5 Å². The Balaban J connectivity index is 1.75. The molecule has 0 aliphatic rings. The maximum absolute atomic E-state index is 13.1. The fraction of sp³-hybridized carbons (Fsp3) is 0.0526. The third-order valence-corrected chi connectivity index (χ3v) is 5.52. The zero-order valence-electron chi connectivity index (χ0n) is 14.2. The van der Waals surface area contributed by atoms with Crippen LogP contribution in [0.4, 0.5) is 11.0 Å². The van der Waals surface area contributed by atoms with Crippen molar-refractivity contribution in [2.24, 2.45) is 0 Å². The molecule has 4 rings (SSSR count). The number of carbonyl (C=O) groups is 1. The molecule has 2 heterocycles. The van der Waals surface area contributed by atoms with E-state index in [-0.39, 0.29) is 12.3 Å². The Morgan fingerprint density at radius 2 is 1.96 bits per heavy atom. The molecule has 0 radical (unpaired) electrons. The van der Waals surface area contributed by atoms with Crippen LogP contribution in [0.25, 0.3) is 10.2 Å². The number of nitrogens with zero attached hydrogens (tertiary/aromatic N) is 3. The summed E-state index contributed by atoms with van der Waals surface area (Å²) in [5.41, 5.74) is 1.66. The van der Waals surface area contributed by atoms with Crippen molar-refractivity contribution in [3.05, 3.63) is 86.6 Å². The summed E-state index contributed by atoms with van der Waals surface area (Å²) < 4.78 is 6.95. The molecule has 0 aliphatic carbocycles. The van der Waals surface area contributed by atoms with E-state index in [0.29, 0.717) is 5.13 Å². The average Bonchev–Trinajstić information content (AvgIpc) is 3.33. The van der Waals surface area contributed by atoms with Crippen molar-refractivity contribution in [3.63, 3.8) is 0 Å². The topological polar surface area (TPSA) is 89.5 Å². The number of carbonyl (C=O) groups excluding carboxylic acids is 1. The maximum atomic E-state index is 13.1. The quantitative estimate of drug-likeness (QED) is 0.295. The minimum atomic E-state index is -0.673. The molecule has 0 unspecified atom stereocenters. The molecule has 0 bridgehead atoms. The van der Waals surface area contributed by atoms with E-state index in [2.05, 4.69) is 20.9 Å². The van der Waals surface area contributed by atoms with Crippen molar-refractivity contribution >= 4 is 54.4 Å². The Bertz CT molecular complexity index is 1170. The van der Waals surface area contributed by atoms with Gasteiger partial charge in [-0.25, -0.2) is 4.98 Å². The molecule has 0 spiro atoms. The van der Waals surface area contributed by atoms with Gasteiger partial charge < -0.3 is 4.42 Å². The largest absolute Gasteiger partial charge is 0.433 e. The zero-order valence-corrected chi connectivity index (χ0v) is 16.6. The third kappa shape index (κ3) is 3.67. The number of rotatable bonds is 5. The number of thiazole rings is 1. The number of nitro groups is 1. The average molecular weight is 458 g/mol. The van der Waals surface area contributed by atoms with E-state index in [4.69, 9.17) is 4.42 Å².